The number of carboxylic acids is 1. The summed E-state index contributed by atoms with van der Waals surface area (Å²) in [5.74, 6) is -4.34. The molecule has 18 heavy (non-hydrogen) atoms. The number of aliphatic carboxylic acids is 1. The molecule has 1 rings (SSSR count). The summed E-state index contributed by atoms with van der Waals surface area (Å²) in [5.41, 5.74) is -0.362. The third-order valence-electron chi connectivity index (χ3n) is 2.16. The fraction of sp³-hybridized carbons (Fsp3) is 0.273. The van der Waals surface area contributed by atoms with Gasteiger partial charge < -0.3 is 15.5 Å². The van der Waals surface area contributed by atoms with Crippen molar-refractivity contribution in [3.8, 4) is 0 Å². The molecular formula is C11H11F2NO4. The smallest absolute Gasteiger partial charge is 0.328 e. The molecule has 0 aliphatic rings. The molecule has 5 nitrogen and oxygen atoms in total. The van der Waals surface area contributed by atoms with Gasteiger partial charge in [-0.1, -0.05) is 0 Å². The molecule has 1 aromatic rings. The molecule has 0 fully saturated rings. The van der Waals surface area contributed by atoms with Gasteiger partial charge in [0.15, 0.2) is 6.04 Å². The average molecular weight is 259 g/mol. The molecule has 0 aliphatic heterocycles. The maximum Gasteiger partial charge on any atom is 0.328 e. The van der Waals surface area contributed by atoms with Gasteiger partial charge in [-0.25, -0.2) is 13.6 Å². The van der Waals surface area contributed by atoms with E-state index in [4.69, 9.17) is 10.2 Å². The van der Waals surface area contributed by atoms with Crippen molar-refractivity contribution in [2.45, 2.75) is 19.1 Å². The molecule has 0 bridgehead atoms. The number of aliphatic hydroxyl groups excluding tert-OH is 1. The molecule has 0 heterocycles. The molecule has 3 N–H and O–H groups in total. The lowest BCUT2D eigenvalue weighted by atomic mass is 10.1. The van der Waals surface area contributed by atoms with Crippen molar-refractivity contribution >= 4 is 11.9 Å². The number of rotatable bonds is 4. The minimum atomic E-state index is -1.55. The third kappa shape index (κ3) is 3.49. The highest BCUT2D eigenvalue weighted by atomic mass is 19.1. The Kier molecular flexibility index (Phi) is 4.33. The Bertz CT molecular complexity index is 456. The zero-order valence-corrected chi connectivity index (χ0v) is 9.35. The summed E-state index contributed by atoms with van der Waals surface area (Å²) in [6.45, 7) is 1.17. The number of hydrogen-bond acceptors (Lipinski definition) is 3. The van der Waals surface area contributed by atoms with Crippen LogP contribution in [0.25, 0.3) is 0 Å². The summed E-state index contributed by atoms with van der Waals surface area (Å²) in [4.78, 5) is 22.3. The topological polar surface area (TPSA) is 86.6 Å². The van der Waals surface area contributed by atoms with Gasteiger partial charge in [-0.3, -0.25) is 4.79 Å². The van der Waals surface area contributed by atoms with E-state index in [9.17, 15) is 18.4 Å². The molecule has 7 heteroatoms. The summed E-state index contributed by atoms with van der Waals surface area (Å²) in [7, 11) is 0. The van der Waals surface area contributed by atoms with Crippen molar-refractivity contribution < 1.29 is 28.6 Å². The third-order valence-corrected chi connectivity index (χ3v) is 2.16. The summed E-state index contributed by atoms with van der Waals surface area (Å²) in [5, 5.41) is 19.8. The standard InChI is InChI=1S/C11H11F2NO4/c1-5(15)9(11(17)18)14-10(16)6-2-7(12)4-8(13)3-6/h2-5,9,15H,1H3,(H,14,16)(H,17,18). The Morgan fingerprint density at radius 2 is 1.72 bits per heavy atom. The first-order valence-electron chi connectivity index (χ1n) is 4.99. The SMILES string of the molecule is CC(O)C(NC(=O)c1cc(F)cc(F)c1)C(=O)O. The van der Waals surface area contributed by atoms with Gasteiger partial charge in [0.05, 0.1) is 6.10 Å². The molecule has 2 atom stereocenters. The second-order valence-corrected chi connectivity index (χ2v) is 3.69. The molecule has 0 aromatic heterocycles. The molecule has 0 saturated heterocycles. The molecule has 2 unspecified atom stereocenters. The monoisotopic (exact) mass is 259 g/mol. The van der Waals surface area contributed by atoms with Crippen LogP contribution < -0.4 is 5.32 Å². The highest BCUT2D eigenvalue weighted by Gasteiger charge is 2.25. The van der Waals surface area contributed by atoms with Gasteiger partial charge in [0, 0.05) is 11.6 Å². The molecule has 98 valence electrons. The first-order valence-corrected chi connectivity index (χ1v) is 4.99. The van der Waals surface area contributed by atoms with Gasteiger partial charge in [-0.2, -0.15) is 0 Å². The zero-order chi connectivity index (χ0) is 13.9. The summed E-state index contributed by atoms with van der Waals surface area (Å²) < 4.78 is 25.7. The van der Waals surface area contributed by atoms with E-state index in [1.807, 2.05) is 5.32 Å². The van der Waals surface area contributed by atoms with E-state index in [0.29, 0.717) is 6.07 Å². The van der Waals surface area contributed by atoms with Crippen LogP contribution in [0.15, 0.2) is 18.2 Å². The average Bonchev–Trinajstić information content (AvgIpc) is 2.23. The van der Waals surface area contributed by atoms with E-state index in [1.165, 1.54) is 6.92 Å². The Hall–Kier alpha value is -2.02. The number of carbonyl (C=O) groups is 2. The molecular weight excluding hydrogens is 248 g/mol. The first kappa shape index (κ1) is 14.0. The molecule has 1 amide bonds. The van der Waals surface area contributed by atoms with E-state index in [-0.39, 0.29) is 5.56 Å². The van der Waals surface area contributed by atoms with E-state index in [2.05, 4.69) is 0 Å². The Balaban J connectivity index is 2.90. The van der Waals surface area contributed by atoms with Crippen molar-refractivity contribution in [2.24, 2.45) is 0 Å². The Morgan fingerprint density at radius 3 is 2.11 bits per heavy atom. The van der Waals surface area contributed by atoms with E-state index in [0.717, 1.165) is 12.1 Å². The van der Waals surface area contributed by atoms with Crippen LogP contribution in [0.5, 0.6) is 0 Å². The van der Waals surface area contributed by atoms with Crippen LogP contribution in [0.2, 0.25) is 0 Å². The summed E-state index contributed by atoms with van der Waals surface area (Å²) >= 11 is 0. The summed E-state index contributed by atoms with van der Waals surface area (Å²) in [6.07, 6.45) is -1.34. The maximum absolute atomic E-state index is 12.9. The largest absolute Gasteiger partial charge is 0.480 e. The van der Waals surface area contributed by atoms with Gasteiger partial charge in [-0.05, 0) is 19.1 Å². The van der Waals surface area contributed by atoms with E-state index >= 15 is 0 Å². The molecule has 0 spiro atoms. The van der Waals surface area contributed by atoms with Crippen LogP contribution in [-0.4, -0.2) is 34.2 Å². The lowest BCUT2D eigenvalue weighted by molar-refractivity contribution is -0.141. The van der Waals surface area contributed by atoms with Gasteiger partial charge in [-0.15, -0.1) is 0 Å². The van der Waals surface area contributed by atoms with Crippen molar-refractivity contribution in [1.29, 1.82) is 0 Å². The van der Waals surface area contributed by atoms with Gasteiger partial charge in [0.25, 0.3) is 5.91 Å². The van der Waals surface area contributed by atoms with Crippen molar-refractivity contribution in [3.05, 3.63) is 35.4 Å². The van der Waals surface area contributed by atoms with Crippen LogP contribution in [0.1, 0.15) is 17.3 Å². The fourth-order valence-corrected chi connectivity index (χ4v) is 1.30. The van der Waals surface area contributed by atoms with Crippen LogP contribution in [0, 0.1) is 11.6 Å². The predicted octanol–water partition coefficient (Wildman–Crippen LogP) is 0.529. The number of benzene rings is 1. The summed E-state index contributed by atoms with van der Waals surface area (Å²) in [6, 6.07) is 0.558. The number of carboxylic acid groups (broad SMARTS) is 1. The molecule has 0 aliphatic carbocycles. The number of amides is 1. The second-order valence-electron chi connectivity index (χ2n) is 3.69. The van der Waals surface area contributed by atoms with Gasteiger partial charge in [0.1, 0.15) is 11.6 Å². The molecule has 0 radical (unpaired) electrons. The molecule has 0 saturated carbocycles. The highest BCUT2D eigenvalue weighted by Crippen LogP contribution is 2.08. The Morgan fingerprint density at radius 1 is 1.22 bits per heavy atom. The second kappa shape index (κ2) is 5.54. The first-order chi connectivity index (χ1) is 8.31. The van der Waals surface area contributed by atoms with Crippen molar-refractivity contribution in [2.75, 3.05) is 0 Å². The quantitative estimate of drug-likeness (QED) is 0.736. The number of aliphatic hydroxyl groups is 1. The number of hydrogen-bond donors (Lipinski definition) is 3. The lowest BCUT2D eigenvalue weighted by Crippen LogP contribution is -2.47. The van der Waals surface area contributed by atoms with Crippen LogP contribution >= 0.6 is 0 Å². The van der Waals surface area contributed by atoms with Crippen LogP contribution in [0.4, 0.5) is 8.78 Å². The minimum absolute atomic E-state index is 0.362. The highest BCUT2D eigenvalue weighted by molar-refractivity contribution is 5.96. The number of nitrogens with one attached hydrogen (secondary N) is 1. The van der Waals surface area contributed by atoms with E-state index in [1.54, 1.807) is 0 Å². The van der Waals surface area contributed by atoms with Gasteiger partial charge in [0.2, 0.25) is 0 Å². The maximum atomic E-state index is 12.9. The lowest BCUT2D eigenvalue weighted by Gasteiger charge is -2.16. The fourth-order valence-electron chi connectivity index (χ4n) is 1.30. The zero-order valence-electron chi connectivity index (χ0n) is 9.35. The van der Waals surface area contributed by atoms with Crippen molar-refractivity contribution in [1.82, 2.24) is 5.32 Å². The van der Waals surface area contributed by atoms with Gasteiger partial charge >= 0.3 is 5.97 Å². The van der Waals surface area contributed by atoms with E-state index < -0.39 is 35.7 Å². The predicted molar refractivity (Wildman–Crippen MR) is 56.9 cm³/mol. The Labute approximate surface area is 101 Å². The normalized spacial score (nSPS) is 13.8. The van der Waals surface area contributed by atoms with Crippen LogP contribution in [0.3, 0.4) is 0 Å². The number of halogens is 2. The van der Waals surface area contributed by atoms with Crippen molar-refractivity contribution in [3.63, 3.8) is 0 Å². The number of carbonyl (C=O) groups excluding carboxylic acids is 1. The molecule has 1 aromatic carbocycles. The van der Waals surface area contributed by atoms with Crippen LogP contribution in [-0.2, 0) is 4.79 Å². The minimum Gasteiger partial charge on any atom is -0.480 e.